The van der Waals surface area contributed by atoms with Crippen LogP contribution in [0.25, 0.3) is 0 Å². The minimum absolute atomic E-state index is 0.0867. The van der Waals surface area contributed by atoms with Crippen molar-refractivity contribution in [3.8, 4) is 0 Å². The summed E-state index contributed by atoms with van der Waals surface area (Å²) < 4.78 is 0. The van der Waals surface area contributed by atoms with Crippen LogP contribution in [-0.4, -0.2) is 84.5 Å². The fourth-order valence-corrected chi connectivity index (χ4v) is 4.67. The standard InChI is InChI=1S/C31H46N6O7/c1-20(2)23-16-29(42)37(31(23)44)14-10-6-9-13-25(38)32-17-26(39)33-18-28(41)36-24(15-22-11-7-5-8-12-22)30(43)34-19-27(40)35-21(3)4/h5,7-8,11-12,20-21,23-24H,6,9-10,13-19H2,1-4H3,(H,32,38)(H,33,39)(H,34,43)(H,35,40)(H,36,41)/t23?,24-/m0/s1. The van der Waals surface area contributed by atoms with Crippen molar-refractivity contribution in [1.82, 2.24) is 31.5 Å². The molecule has 1 unspecified atom stereocenters. The zero-order valence-corrected chi connectivity index (χ0v) is 26.1. The maximum absolute atomic E-state index is 12.8. The number of likely N-dealkylation sites (tertiary alicyclic amines) is 1. The monoisotopic (exact) mass is 614 g/mol. The summed E-state index contributed by atoms with van der Waals surface area (Å²) in [5.41, 5.74) is 0.795. The molecule has 13 nitrogen and oxygen atoms in total. The van der Waals surface area contributed by atoms with Crippen molar-refractivity contribution in [1.29, 1.82) is 0 Å². The van der Waals surface area contributed by atoms with Gasteiger partial charge in [-0.25, -0.2) is 0 Å². The molecule has 13 heteroatoms. The molecule has 1 aliphatic rings. The van der Waals surface area contributed by atoms with E-state index in [1.165, 1.54) is 4.90 Å². The van der Waals surface area contributed by atoms with Crippen LogP contribution in [0.3, 0.4) is 0 Å². The lowest BCUT2D eigenvalue weighted by Crippen LogP contribution is -2.52. The van der Waals surface area contributed by atoms with Gasteiger partial charge in [0.05, 0.1) is 19.6 Å². The Morgan fingerprint density at radius 1 is 0.773 bits per heavy atom. The highest BCUT2D eigenvalue weighted by Crippen LogP contribution is 2.26. The van der Waals surface area contributed by atoms with Gasteiger partial charge < -0.3 is 26.6 Å². The highest BCUT2D eigenvalue weighted by Gasteiger charge is 2.39. The van der Waals surface area contributed by atoms with Crippen LogP contribution in [0.2, 0.25) is 0 Å². The molecule has 0 radical (unpaired) electrons. The Labute approximate surface area is 258 Å². The molecule has 0 spiro atoms. The minimum Gasteiger partial charge on any atom is -0.352 e. The second-order valence-corrected chi connectivity index (χ2v) is 11.6. The van der Waals surface area contributed by atoms with Crippen molar-refractivity contribution in [2.45, 2.75) is 78.3 Å². The van der Waals surface area contributed by atoms with Crippen molar-refractivity contribution >= 4 is 41.4 Å². The smallest absolute Gasteiger partial charge is 0.243 e. The molecule has 1 aromatic carbocycles. The first-order valence-electron chi connectivity index (χ1n) is 15.1. The van der Waals surface area contributed by atoms with Crippen LogP contribution in [0, 0.1) is 11.8 Å². The average Bonchev–Trinajstić information content (AvgIpc) is 3.26. The molecule has 0 saturated carbocycles. The lowest BCUT2D eigenvalue weighted by molar-refractivity contribution is -0.140. The van der Waals surface area contributed by atoms with E-state index in [1.807, 2.05) is 19.9 Å². The number of hydrogen-bond acceptors (Lipinski definition) is 7. The van der Waals surface area contributed by atoms with E-state index in [-0.39, 0.29) is 73.9 Å². The normalized spacial score (nSPS) is 15.2. The molecule has 7 amide bonds. The molecule has 1 saturated heterocycles. The summed E-state index contributed by atoms with van der Waals surface area (Å²) in [6, 6.07) is 7.97. The maximum Gasteiger partial charge on any atom is 0.243 e. The summed E-state index contributed by atoms with van der Waals surface area (Å²) >= 11 is 0. The molecule has 0 bridgehead atoms. The number of nitrogens with one attached hydrogen (secondary N) is 5. The number of carbonyl (C=O) groups excluding carboxylic acids is 7. The summed E-state index contributed by atoms with van der Waals surface area (Å²) in [6.07, 6.45) is 2.38. The number of carbonyl (C=O) groups is 7. The molecule has 0 aromatic heterocycles. The van der Waals surface area contributed by atoms with Crippen LogP contribution in [0.4, 0.5) is 0 Å². The molecule has 2 atom stereocenters. The number of rotatable bonds is 18. The first-order valence-corrected chi connectivity index (χ1v) is 15.1. The molecule has 0 aliphatic carbocycles. The topological polar surface area (TPSA) is 183 Å². The molecule has 1 aromatic rings. The van der Waals surface area contributed by atoms with E-state index in [9.17, 15) is 33.6 Å². The van der Waals surface area contributed by atoms with Gasteiger partial charge in [-0.15, -0.1) is 0 Å². The Kier molecular flexibility index (Phi) is 15.0. The van der Waals surface area contributed by atoms with Gasteiger partial charge in [-0.05, 0) is 38.2 Å². The lowest BCUT2D eigenvalue weighted by atomic mass is 9.94. The number of benzene rings is 1. The second kappa shape index (κ2) is 18.4. The van der Waals surface area contributed by atoms with Crippen LogP contribution in [0.15, 0.2) is 30.3 Å². The molecule has 1 fully saturated rings. The first-order chi connectivity index (χ1) is 20.9. The third-order valence-electron chi connectivity index (χ3n) is 7.07. The van der Waals surface area contributed by atoms with Gasteiger partial charge in [0.15, 0.2) is 0 Å². The van der Waals surface area contributed by atoms with Crippen molar-refractivity contribution in [3.63, 3.8) is 0 Å². The van der Waals surface area contributed by atoms with Crippen LogP contribution in [-0.2, 0) is 40.0 Å². The highest BCUT2D eigenvalue weighted by atomic mass is 16.2. The van der Waals surface area contributed by atoms with Gasteiger partial charge in [-0.2, -0.15) is 0 Å². The van der Waals surface area contributed by atoms with E-state index in [0.29, 0.717) is 25.8 Å². The summed E-state index contributed by atoms with van der Waals surface area (Å²) in [4.78, 5) is 87.3. The van der Waals surface area contributed by atoms with Crippen LogP contribution in [0.5, 0.6) is 0 Å². The fraction of sp³-hybridized carbons (Fsp3) is 0.581. The molecular formula is C31H46N6O7. The van der Waals surface area contributed by atoms with Crippen molar-refractivity contribution in [3.05, 3.63) is 35.9 Å². The summed E-state index contributed by atoms with van der Waals surface area (Å²) in [5, 5.41) is 12.7. The van der Waals surface area contributed by atoms with Crippen LogP contribution < -0.4 is 26.6 Å². The van der Waals surface area contributed by atoms with E-state index >= 15 is 0 Å². The van der Waals surface area contributed by atoms with E-state index in [0.717, 1.165) is 5.56 Å². The van der Waals surface area contributed by atoms with Gasteiger partial charge in [0.2, 0.25) is 41.4 Å². The zero-order valence-electron chi connectivity index (χ0n) is 26.1. The number of unbranched alkanes of at least 4 members (excludes halogenated alkanes) is 2. The lowest BCUT2D eigenvalue weighted by Gasteiger charge is -2.19. The predicted octanol–water partition coefficient (Wildman–Crippen LogP) is 0.179. The molecule has 1 heterocycles. The van der Waals surface area contributed by atoms with Crippen molar-refractivity contribution in [2.24, 2.45) is 11.8 Å². The zero-order chi connectivity index (χ0) is 32.6. The van der Waals surface area contributed by atoms with Gasteiger partial charge in [-0.1, -0.05) is 50.6 Å². The van der Waals surface area contributed by atoms with Gasteiger partial charge in [0, 0.05) is 37.8 Å². The molecule has 5 N–H and O–H groups in total. The third-order valence-corrected chi connectivity index (χ3v) is 7.07. The summed E-state index contributed by atoms with van der Waals surface area (Å²) in [6.45, 7) is 6.81. The maximum atomic E-state index is 12.8. The number of imide groups is 1. The first kappa shape index (κ1) is 35.9. The number of amides is 7. The Hall–Kier alpha value is -4.29. The Morgan fingerprint density at radius 3 is 2.02 bits per heavy atom. The molecule has 242 valence electrons. The quantitative estimate of drug-likeness (QED) is 0.115. The van der Waals surface area contributed by atoms with E-state index in [1.54, 1.807) is 38.1 Å². The van der Waals surface area contributed by atoms with E-state index in [2.05, 4.69) is 26.6 Å². The summed E-state index contributed by atoms with van der Waals surface area (Å²) in [5.74, 6) is -2.83. The Bertz CT molecular complexity index is 1170. The van der Waals surface area contributed by atoms with E-state index < -0.39 is 30.3 Å². The third kappa shape index (κ3) is 12.9. The molecule has 2 rings (SSSR count). The minimum atomic E-state index is -0.980. The van der Waals surface area contributed by atoms with Gasteiger partial charge >= 0.3 is 0 Å². The highest BCUT2D eigenvalue weighted by molar-refractivity contribution is 6.03. The second-order valence-electron chi connectivity index (χ2n) is 11.6. The summed E-state index contributed by atoms with van der Waals surface area (Å²) in [7, 11) is 0. The van der Waals surface area contributed by atoms with Gasteiger partial charge in [0.1, 0.15) is 6.04 Å². The van der Waals surface area contributed by atoms with Crippen molar-refractivity contribution < 1.29 is 33.6 Å². The van der Waals surface area contributed by atoms with Gasteiger partial charge in [-0.3, -0.25) is 38.5 Å². The van der Waals surface area contributed by atoms with Crippen molar-refractivity contribution in [2.75, 3.05) is 26.2 Å². The fourth-order valence-electron chi connectivity index (χ4n) is 4.67. The van der Waals surface area contributed by atoms with Gasteiger partial charge in [0.25, 0.3) is 0 Å². The Balaban J connectivity index is 1.69. The number of nitrogens with zero attached hydrogens (tertiary/aromatic N) is 1. The largest absolute Gasteiger partial charge is 0.352 e. The SMILES string of the molecule is CC(C)NC(=O)CNC(=O)[C@H](Cc1ccccc1)NC(=O)CNC(=O)CNC(=O)CCCCCN1C(=O)CC(C(C)C)C1=O. The van der Waals surface area contributed by atoms with Crippen LogP contribution in [0.1, 0.15) is 65.4 Å². The average molecular weight is 615 g/mol. The molecule has 44 heavy (non-hydrogen) atoms. The Morgan fingerprint density at radius 2 is 1.39 bits per heavy atom. The molecular weight excluding hydrogens is 568 g/mol. The number of hydrogen-bond donors (Lipinski definition) is 5. The van der Waals surface area contributed by atoms with Crippen LogP contribution >= 0.6 is 0 Å². The molecule has 1 aliphatic heterocycles. The van der Waals surface area contributed by atoms with E-state index in [4.69, 9.17) is 0 Å². The predicted molar refractivity (Wildman–Crippen MR) is 163 cm³/mol.